The third-order valence-corrected chi connectivity index (χ3v) is 5.63. The zero-order chi connectivity index (χ0) is 22.0. The van der Waals surface area contributed by atoms with Crippen LogP contribution in [0.5, 0.6) is 17.2 Å². The molecule has 3 aromatic rings. The molecule has 1 aliphatic carbocycles. The van der Waals surface area contributed by atoms with E-state index in [1.54, 1.807) is 29.4 Å². The maximum Gasteiger partial charge on any atom is 0.254 e. The first kappa shape index (κ1) is 20.9. The fourth-order valence-electron chi connectivity index (χ4n) is 3.76. The Hall–Kier alpha value is -3.35. The van der Waals surface area contributed by atoms with E-state index in [1.807, 2.05) is 18.2 Å². The smallest absolute Gasteiger partial charge is 0.254 e. The lowest BCUT2D eigenvalue weighted by atomic mass is 10.1. The van der Waals surface area contributed by atoms with Crippen molar-refractivity contribution in [1.29, 1.82) is 0 Å². The van der Waals surface area contributed by atoms with Crippen LogP contribution in [0.3, 0.4) is 0 Å². The molecule has 1 aliphatic rings. The average molecular weight is 425 g/mol. The van der Waals surface area contributed by atoms with E-state index in [2.05, 4.69) is 6.92 Å². The van der Waals surface area contributed by atoms with Gasteiger partial charge in [-0.2, -0.15) is 0 Å². The van der Waals surface area contributed by atoms with Gasteiger partial charge in [0.15, 0.2) is 11.5 Å². The fraction of sp³-hybridized carbons (Fsp3) is 0.375. The van der Waals surface area contributed by atoms with Crippen LogP contribution in [0.4, 0.5) is 0 Å². The minimum atomic E-state index is -0.201. The number of methoxy groups -OCH3 is 3. The molecule has 1 aromatic carbocycles. The van der Waals surface area contributed by atoms with Gasteiger partial charge >= 0.3 is 0 Å². The predicted octanol–water partition coefficient (Wildman–Crippen LogP) is 4.86. The van der Waals surface area contributed by atoms with E-state index >= 15 is 0 Å². The lowest BCUT2D eigenvalue weighted by molar-refractivity contribution is 0.0703. The monoisotopic (exact) mass is 425 g/mol. The molecule has 164 valence electrons. The molecule has 0 N–H and O–H groups in total. The fourth-order valence-corrected chi connectivity index (χ4v) is 3.76. The van der Waals surface area contributed by atoms with Crippen LogP contribution in [0.15, 0.2) is 51.5 Å². The normalized spacial score (nSPS) is 17.3. The Bertz CT molecular complexity index is 1010. The highest BCUT2D eigenvalue weighted by Crippen LogP contribution is 2.47. The molecular weight excluding hydrogens is 398 g/mol. The predicted molar refractivity (Wildman–Crippen MR) is 114 cm³/mol. The number of rotatable bonds is 9. The van der Waals surface area contributed by atoms with Gasteiger partial charge in [0, 0.05) is 11.5 Å². The number of carbonyl (C=O) groups is 1. The van der Waals surface area contributed by atoms with Crippen molar-refractivity contribution >= 4 is 5.91 Å². The van der Waals surface area contributed by atoms with Crippen molar-refractivity contribution in [1.82, 2.24) is 4.90 Å². The minimum absolute atomic E-state index is 0.201. The first-order valence-electron chi connectivity index (χ1n) is 10.2. The number of amides is 1. The van der Waals surface area contributed by atoms with Crippen molar-refractivity contribution in [3.63, 3.8) is 0 Å². The van der Waals surface area contributed by atoms with Gasteiger partial charge < -0.3 is 27.9 Å². The first-order chi connectivity index (χ1) is 15.0. The molecule has 2 atom stereocenters. The van der Waals surface area contributed by atoms with Crippen LogP contribution in [-0.4, -0.2) is 32.1 Å². The Morgan fingerprint density at radius 3 is 2.26 bits per heavy atom. The largest absolute Gasteiger partial charge is 0.493 e. The van der Waals surface area contributed by atoms with Crippen molar-refractivity contribution in [2.45, 2.75) is 32.4 Å². The third kappa shape index (κ3) is 4.40. The van der Waals surface area contributed by atoms with Crippen LogP contribution in [0.25, 0.3) is 0 Å². The van der Waals surface area contributed by atoms with E-state index < -0.39 is 0 Å². The molecule has 1 fully saturated rings. The summed E-state index contributed by atoms with van der Waals surface area (Å²) in [5, 5.41) is 0. The number of nitrogens with zero attached hydrogens (tertiary/aromatic N) is 1. The Kier molecular flexibility index (Phi) is 5.93. The first-order valence-corrected chi connectivity index (χ1v) is 10.2. The van der Waals surface area contributed by atoms with Gasteiger partial charge in [-0.25, -0.2) is 0 Å². The van der Waals surface area contributed by atoms with E-state index in [9.17, 15) is 4.79 Å². The molecule has 0 saturated heterocycles. The van der Waals surface area contributed by atoms with Gasteiger partial charge in [0.1, 0.15) is 17.3 Å². The zero-order valence-corrected chi connectivity index (χ0v) is 18.2. The standard InChI is InChI=1S/C24H27NO6/c1-15-10-19(15)20-8-7-18(31-20)14-25(13-17-6-5-9-30-17)24(26)16-11-21(27-2)23(29-4)22(12-16)28-3/h5-9,11-12,15,19H,10,13-14H2,1-4H3. The van der Waals surface area contributed by atoms with E-state index in [-0.39, 0.29) is 5.91 Å². The van der Waals surface area contributed by atoms with Gasteiger partial charge in [-0.1, -0.05) is 6.92 Å². The molecule has 7 nitrogen and oxygen atoms in total. The summed E-state index contributed by atoms with van der Waals surface area (Å²) in [5.41, 5.74) is 0.420. The molecular formula is C24H27NO6. The van der Waals surface area contributed by atoms with Gasteiger partial charge in [-0.3, -0.25) is 4.79 Å². The van der Waals surface area contributed by atoms with Gasteiger partial charge in [0.25, 0.3) is 5.91 Å². The highest BCUT2D eigenvalue weighted by atomic mass is 16.5. The summed E-state index contributed by atoms with van der Waals surface area (Å²) in [6, 6.07) is 10.9. The Morgan fingerprint density at radius 1 is 1.03 bits per heavy atom. The lowest BCUT2D eigenvalue weighted by Crippen LogP contribution is -2.30. The van der Waals surface area contributed by atoms with Gasteiger partial charge in [0.2, 0.25) is 5.75 Å². The molecule has 0 radical (unpaired) electrons. The molecule has 0 aliphatic heterocycles. The molecule has 4 rings (SSSR count). The van der Waals surface area contributed by atoms with Gasteiger partial charge in [0.05, 0.1) is 40.7 Å². The van der Waals surface area contributed by atoms with E-state index in [1.165, 1.54) is 21.3 Å². The molecule has 7 heteroatoms. The highest BCUT2D eigenvalue weighted by molar-refractivity contribution is 5.95. The molecule has 2 heterocycles. The van der Waals surface area contributed by atoms with Crippen LogP contribution in [0, 0.1) is 5.92 Å². The number of carbonyl (C=O) groups excluding carboxylic acids is 1. The number of benzene rings is 1. The molecule has 1 saturated carbocycles. The van der Waals surface area contributed by atoms with Crippen molar-refractivity contribution in [3.05, 3.63) is 65.5 Å². The minimum Gasteiger partial charge on any atom is -0.493 e. The number of ether oxygens (including phenoxy) is 3. The average Bonchev–Trinajstić information content (AvgIpc) is 3.15. The molecule has 1 amide bonds. The molecule has 0 bridgehead atoms. The highest BCUT2D eigenvalue weighted by Gasteiger charge is 2.36. The third-order valence-electron chi connectivity index (χ3n) is 5.63. The van der Waals surface area contributed by atoms with Crippen LogP contribution in [-0.2, 0) is 13.1 Å². The Morgan fingerprint density at radius 2 is 1.71 bits per heavy atom. The SMILES string of the molecule is COc1cc(C(=O)N(Cc2ccco2)Cc2ccc(C3CC3C)o2)cc(OC)c1OC. The van der Waals surface area contributed by atoms with E-state index in [0.717, 1.165) is 17.9 Å². The summed E-state index contributed by atoms with van der Waals surface area (Å²) in [5.74, 6) is 4.63. The molecule has 2 unspecified atom stereocenters. The molecule has 31 heavy (non-hydrogen) atoms. The Labute approximate surface area is 181 Å². The number of furan rings is 2. The van der Waals surface area contributed by atoms with E-state index in [0.29, 0.717) is 53.5 Å². The molecule has 0 spiro atoms. The summed E-state index contributed by atoms with van der Waals surface area (Å²) in [4.78, 5) is 15.2. The van der Waals surface area contributed by atoms with Gasteiger partial charge in [-0.15, -0.1) is 0 Å². The summed E-state index contributed by atoms with van der Waals surface area (Å²) < 4.78 is 27.7. The van der Waals surface area contributed by atoms with Crippen molar-refractivity contribution in [3.8, 4) is 17.2 Å². The zero-order valence-electron chi connectivity index (χ0n) is 18.2. The maximum atomic E-state index is 13.5. The summed E-state index contributed by atoms with van der Waals surface area (Å²) >= 11 is 0. The molecule has 2 aromatic heterocycles. The van der Waals surface area contributed by atoms with Crippen molar-refractivity contribution < 1.29 is 27.8 Å². The van der Waals surface area contributed by atoms with Crippen LogP contribution >= 0.6 is 0 Å². The lowest BCUT2D eigenvalue weighted by Gasteiger charge is -2.22. The maximum absolute atomic E-state index is 13.5. The summed E-state index contributed by atoms with van der Waals surface area (Å²) in [7, 11) is 4.57. The summed E-state index contributed by atoms with van der Waals surface area (Å²) in [6.07, 6.45) is 2.74. The summed E-state index contributed by atoms with van der Waals surface area (Å²) in [6.45, 7) is 2.83. The van der Waals surface area contributed by atoms with Gasteiger partial charge in [-0.05, 0) is 48.7 Å². The van der Waals surface area contributed by atoms with Crippen LogP contribution < -0.4 is 14.2 Å². The topological polar surface area (TPSA) is 74.3 Å². The van der Waals surface area contributed by atoms with Crippen LogP contribution in [0.2, 0.25) is 0 Å². The second-order valence-electron chi connectivity index (χ2n) is 7.78. The second kappa shape index (κ2) is 8.79. The second-order valence-corrected chi connectivity index (χ2v) is 7.78. The quantitative estimate of drug-likeness (QED) is 0.487. The van der Waals surface area contributed by atoms with Crippen LogP contribution in [0.1, 0.15) is 46.9 Å². The van der Waals surface area contributed by atoms with E-state index in [4.69, 9.17) is 23.0 Å². The number of hydrogen-bond acceptors (Lipinski definition) is 6. The Balaban J connectivity index is 1.63. The van der Waals surface area contributed by atoms with Crippen molar-refractivity contribution in [2.24, 2.45) is 5.92 Å². The number of hydrogen-bond donors (Lipinski definition) is 0. The van der Waals surface area contributed by atoms with Crippen molar-refractivity contribution in [2.75, 3.05) is 21.3 Å².